The van der Waals surface area contributed by atoms with Crippen LogP contribution >= 0.6 is 0 Å². The highest BCUT2D eigenvalue weighted by Gasteiger charge is 2.59. The van der Waals surface area contributed by atoms with Crippen molar-refractivity contribution in [3.8, 4) is 0 Å². The third-order valence-electron chi connectivity index (χ3n) is 3.36. The van der Waals surface area contributed by atoms with Crippen LogP contribution in [0.1, 0.15) is 26.7 Å². The van der Waals surface area contributed by atoms with Crippen LogP contribution in [0.2, 0.25) is 0 Å². The molecule has 1 unspecified atom stereocenters. The lowest BCUT2D eigenvalue weighted by atomic mass is 10.0. The van der Waals surface area contributed by atoms with Crippen LogP contribution in [-0.4, -0.2) is 18.8 Å². The molecule has 1 aliphatic heterocycles. The van der Waals surface area contributed by atoms with E-state index in [2.05, 4.69) is 13.8 Å². The van der Waals surface area contributed by atoms with Gasteiger partial charge in [-0.15, -0.1) is 0 Å². The van der Waals surface area contributed by atoms with Crippen LogP contribution in [-0.2, 0) is 4.74 Å². The lowest BCUT2D eigenvalue weighted by Crippen LogP contribution is -2.14. The summed E-state index contributed by atoms with van der Waals surface area (Å²) in [4.78, 5) is 0. The molecule has 0 radical (unpaired) electrons. The topological polar surface area (TPSA) is 35.2 Å². The summed E-state index contributed by atoms with van der Waals surface area (Å²) >= 11 is 0. The largest absolute Gasteiger partial charge is 0.378 e. The first kappa shape index (κ1) is 7.56. The lowest BCUT2D eigenvalue weighted by molar-refractivity contribution is 0.0836. The van der Waals surface area contributed by atoms with E-state index in [0.717, 1.165) is 6.61 Å². The second-order valence-electron chi connectivity index (χ2n) is 4.42. The molecule has 0 amide bonds. The second-order valence-corrected chi connectivity index (χ2v) is 4.42. The molecule has 2 aliphatic rings. The predicted molar refractivity (Wildman–Crippen MR) is 44.2 cm³/mol. The first-order valence-electron chi connectivity index (χ1n) is 4.51. The molecule has 0 bridgehead atoms. The van der Waals surface area contributed by atoms with Gasteiger partial charge in [-0.3, -0.25) is 0 Å². The maximum absolute atomic E-state index is 5.94. The summed E-state index contributed by atoms with van der Waals surface area (Å²) < 4.78 is 5.60. The van der Waals surface area contributed by atoms with E-state index in [4.69, 9.17) is 10.5 Å². The molecule has 0 aromatic heterocycles. The van der Waals surface area contributed by atoms with Crippen molar-refractivity contribution in [3.05, 3.63) is 0 Å². The second kappa shape index (κ2) is 2.20. The summed E-state index contributed by atoms with van der Waals surface area (Å²) in [6, 6.07) is 0.380. The number of nitrogens with two attached hydrogens (primary N) is 1. The minimum Gasteiger partial charge on any atom is -0.378 e. The molecule has 0 aromatic carbocycles. The van der Waals surface area contributed by atoms with Gasteiger partial charge in [0.15, 0.2) is 0 Å². The van der Waals surface area contributed by atoms with Gasteiger partial charge < -0.3 is 10.5 Å². The maximum atomic E-state index is 5.94. The summed E-state index contributed by atoms with van der Waals surface area (Å²) in [7, 11) is 0. The normalized spacial score (nSPS) is 47.7. The smallest absolute Gasteiger partial charge is 0.0624 e. The average Bonchev–Trinajstić information content (AvgIpc) is 2.40. The van der Waals surface area contributed by atoms with Crippen LogP contribution in [0.25, 0.3) is 0 Å². The minimum absolute atomic E-state index is 0.342. The fraction of sp³-hybridized carbons (Fsp3) is 1.00. The summed E-state index contributed by atoms with van der Waals surface area (Å²) in [6.07, 6.45) is 2.92. The highest BCUT2D eigenvalue weighted by molar-refractivity contribution is 5.12. The third kappa shape index (κ3) is 1.00. The molecule has 11 heavy (non-hydrogen) atoms. The molecular formula is C9H17NO. The summed E-state index contributed by atoms with van der Waals surface area (Å²) in [5.74, 6) is 0.630. The zero-order chi connectivity index (χ0) is 8.06. The van der Waals surface area contributed by atoms with E-state index in [1.54, 1.807) is 0 Å². The van der Waals surface area contributed by atoms with Gasteiger partial charge in [-0.2, -0.15) is 0 Å². The molecule has 0 spiro atoms. The Balaban J connectivity index is 1.98. The molecular weight excluding hydrogens is 138 g/mol. The molecule has 2 heteroatoms. The van der Waals surface area contributed by atoms with Gasteiger partial charge in [-0.05, 0) is 18.3 Å². The van der Waals surface area contributed by atoms with Gasteiger partial charge in [0, 0.05) is 18.6 Å². The van der Waals surface area contributed by atoms with Gasteiger partial charge in [0.2, 0.25) is 0 Å². The van der Waals surface area contributed by atoms with E-state index in [-0.39, 0.29) is 0 Å². The minimum atomic E-state index is 0.342. The fourth-order valence-electron chi connectivity index (χ4n) is 2.31. The van der Waals surface area contributed by atoms with Gasteiger partial charge >= 0.3 is 0 Å². The quantitative estimate of drug-likeness (QED) is 0.616. The van der Waals surface area contributed by atoms with Crippen molar-refractivity contribution in [1.29, 1.82) is 0 Å². The van der Waals surface area contributed by atoms with Crippen LogP contribution in [0, 0.1) is 11.3 Å². The Hall–Kier alpha value is -0.0800. The van der Waals surface area contributed by atoms with Crippen molar-refractivity contribution < 1.29 is 4.74 Å². The zero-order valence-corrected chi connectivity index (χ0v) is 7.34. The molecule has 2 fully saturated rings. The van der Waals surface area contributed by atoms with E-state index < -0.39 is 0 Å². The Morgan fingerprint density at radius 1 is 1.45 bits per heavy atom. The molecule has 1 heterocycles. The lowest BCUT2D eigenvalue weighted by Gasteiger charge is -2.09. The average molecular weight is 155 g/mol. The summed E-state index contributed by atoms with van der Waals surface area (Å²) in [5.41, 5.74) is 6.29. The van der Waals surface area contributed by atoms with Crippen LogP contribution in [0.5, 0.6) is 0 Å². The van der Waals surface area contributed by atoms with E-state index in [1.165, 1.54) is 12.8 Å². The van der Waals surface area contributed by atoms with Crippen LogP contribution in [0.15, 0.2) is 0 Å². The van der Waals surface area contributed by atoms with Crippen molar-refractivity contribution in [2.45, 2.75) is 38.8 Å². The van der Waals surface area contributed by atoms with E-state index in [0.29, 0.717) is 23.5 Å². The number of ether oxygens (including phenoxy) is 1. The summed E-state index contributed by atoms with van der Waals surface area (Å²) in [5, 5.41) is 0. The number of hydrogen-bond acceptors (Lipinski definition) is 2. The molecule has 2 nitrogen and oxygen atoms in total. The first-order valence-corrected chi connectivity index (χ1v) is 4.51. The van der Waals surface area contributed by atoms with Gasteiger partial charge in [-0.25, -0.2) is 0 Å². The molecule has 64 valence electrons. The fourth-order valence-corrected chi connectivity index (χ4v) is 2.31. The molecule has 1 aliphatic carbocycles. The van der Waals surface area contributed by atoms with Crippen LogP contribution in [0.4, 0.5) is 0 Å². The molecule has 3 atom stereocenters. The van der Waals surface area contributed by atoms with Crippen LogP contribution < -0.4 is 5.73 Å². The van der Waals surface area contributed by atoms with Gasteiger partial charge in [-0.1, -0.05) is 13.8 Å². The maximum Gasteiger partial charge on any atom is 0.0624 e. The highest BCUT2D eigenvalue weighted by Crippen LogP contribution is 2.54. The van der Waals surface area contributed by atoms with Gasteiger partial charge in [0.05, 0.1) is 6.10 Å². The Bertz CT molecular complexity index is 161. The molecule has 1 saturated carbocycles. The highest BCUT2D eigenvalue weighted by atomic mass is 16.5. The molecule has 2 N–H and O–H groups in total. The van der Waals surface area contributed by atoms with Crippen molar-refractivity contribution in [1.82, 2.24) is 0 Å². The van der Waals surface area contributed by atoms with Crippen molar-refractivity contribution >= 4 is 0 Å². The van der Waals surface area contributed by atoms with Crippen molar-refractivity contribution in [3.63, 3.8) is 0 Å². The number of rotatable bonds is 1. The Kier molecular flexibility index (Phi) is 1.52. The van der Waals surface area contributed by atoms with Crippen molar-refractivity contribution in [2.75, 3.05) is 6.61 Å². The number of hydrogen-bond donors (Lipinski definition) is 1. The van der Waals surface area contributed by atoms with Gasteiger partial charge in [0.1, 0.15) is 0 Å². The molecule has 0 aromatic rings. The van der Waals surface area contributed by atoms with Gasteiger partial charge in [0.25, 0.3) is 0 Å². The zero-order valence-electron chi connectivity index (χ0n) is 7.34. The Labute approximate surface area is 68.1 Å². The van der Waals surface area contributed by atoms with Crippen molar-refractivity contribution in [2.24, 2.45) is 17.1 Å². The molecule has 2 rings (SSSR count). The first-order chi connectivity index (χ1) is 5.14. The van der Waals surface area contributed by atoms with Crippen LogP contribution in [0.3, 0.4) is 0 Å². The van der Waals surface area contributed by atoms with E-state index >= 15 is 0 Å². The third-order valence-corrected chi connectivity index (χ3v) is 3.36. The van der Waals surface area contributed by atoms with E-state index in [9.17, 15) is 0 Å². The standard InChI is InChI=1S/C9H17NO/c1-9(2)7(8(9)10)6-4-3-5-11-6/h6-8H,3-5,10H2,1-2H3/t6?,7-,8-/m0/s1. The Morgan fingerprint density at radius 3 is 2.45 bits per heavy atom. The van der Waals surface area contributed by atoms with E-state index in [1.807, 2.05) is 0 Å². The Morgan fingerprint density at radius 2 is 2.09 bits per heavy atom. The summed E-state index contributed by atoms with van der Waals surface area (Å²) in [6.45, 7) is 5.43. The monoisotopic (exact) mass is 155 g/mol. The predicted octanol–water partition coefficient (Wildman–Crippen LogP) is 1.15. The SMILES string of the molecule is CC1(C)[C@@H](N)[C@@H]1C1CCCO1. The molecule has 1 saturated heterocycles.